The highest BCUT2D eigenvalue weighted by molar-refractivity contribution is 5.17. The molecule has 1 aromatic carbocycles. The summed E-state index contributed by atoms with van der Waals surface area (Å²) in [5, 5.41) is 10.6. The van der Waals surface area contributed by atoms with Crippen LogP contribution >= 0.6 is 0 Å². The van der Waals surface area contributed by atoms with Gasteiger partial charge in [0.05, 0.1) is 20.3 Å². The average Bonchev–Trinajstić information content (AvgIpc) is 2.78. The zero-order valence-corrected chi connectivity index (χ0v) is 13.4. The Morgan fingerprint density at radius 3 is 2.10 bits per heavy atom. The number of likely N-dealkylation sites (N-methyl/N-ethyl adjacent to an activating group) is 1. The van der Waals surface area contributed by atoms with Gasteiger partial charge in [0.2, 0.25) is 0 Å². The van der Waals surface area contributed by atoms with Crippen LogP contribution in [0.3, 0.4) is 0 Å². The molecule has 1 fully saturated rings. The largest absolute Gasteiger partial charge is 0.382 e. The number of benzene rings is 1. The summed E-state index contributed by atoms with van der Waals surface area (Å²) in [5.74, 6) is 0. The van der Waals surface area contributed by atoms with Crippen molar-refractivity contribution in [3.63, 3.8) is 0 Å². The zero-order valence-electron chi connectivity index (χ0n) is 13.4. The second kappa shape index (κ2) is 7.36. The van der Waals surface area contributed by atoms with Gasteiger partial charge in [0.15, 0.2) is 0 Å². The van der Waals surface area contributed by atoms with Crippen LogP contribution in [0.2, 0.25) is 0 Å². The van der Waals surface area contributed by atoms with Crippen molar-refractivity contribution in [3.8, 4) is 0 Å². The average molecular weight is 294 g/mol. The van der Waals surface area contributed by atoms with Crippen molar-refractivity contribution < 1.29 is 19.1 Å². The first-order chi connectivity index (χ1) is 10.1. The van der Waals surface area contributed by atoms with Crippen molar-refractivity contribution in [2.24, 2.45) is 0 Å². The van der Waals surface area contributed by atoms with Crippen LogP contribution in [0.4, 0.5) is 0 Å². The number of rotatable bonds is 7. The number of hydrogen-bond donors (Lipinski definition) is 1. The molecule has 4 nitrogen and oxygen atoms in total. The Morgan fingerprint density at radius 2 is 1.62 bits per heavy atom. The molecule has 0 amide bonds. The minimum Gasteiger partial charge on any atom is -0.382 e. The third-order valence-corrected chi connectivity index (χ3v) is 4.97. The second-order valence-electron chi connectivity index (χ2n) is 6.25. The molecule has 21 heavy (non-hydrogen) atoms. The van der Waals surface area contributed by atoms with E-state index in [-0.39, 0.29) is 0 Å². The number of hydrogen-bond acceptors (Lipinski definition) is 3. The molecule has 4 heteroatoms. The molecule has 0 unspecified atom stereocenters. The smallest absolute Gasteiger partial charge is 0.128 e. The highest BCUT2D eigenvalue weighted by atomic mass is 16.5. The Morgan fingerprint density at radius 1 is 1.10 bits per heavy atom. The molecule has 0 spiro atoms. The lowest BCUT2D eigenvalue weighted by Crippen LogP contribution is -2.58. The van der Waals surface area contributed by atoms with Gasteiger partial charge in [0.1, 0.15) is 24.7 Å². The van der Waals surface area contributed by atoms with Gasteiger partial charge >= 0.3 is 0 Å². The van der Waals surface area contributed by atoms with Crippen LogP contribution in [0.25, 0.3) is 0 Å². The van der Waals surface area contributed by atoms with Gasteiger partial charge in [0, 0.05) is 27.1 Å². The number of methoxy groups -OCH3 is 2. The molecule has 0 aliphatic carbocycles. The number of aliphatic hydroxyl groups excluding tert-OH is 1. The molecular formula is C17H28NO3+. The van der Waals surface area contributed by atoms with Gasteiger partial charge in [-0.2, -0.15) is 0 Å². The highest BCUT2D eigenvalue weighted by Crippen LogP contribution is 2.34. The fourth-order valence-corrected chi connectivity index (χ4v) is 3.62. The van der Waals surface area contributed by atoms with Gasteiger partial charge in [0.25, 0.3) is 0 Å². The molecule has 1 N–H and O–H groups in total. The first-order valence-corrected chi connectivity index (χ1v) is 7.67. The van der Waals surface area contributed by atoms with E-state index in [1.807, 2.05) is 30.3 Å². The number of aliphatic hydroxyl groups is 1. The van der Waals surface area contributed by atoms with E-state index in [1.54, 1.807) is 14.2 Å². The summed E-state index contributed by atoms with van der Waals surface area (Å²) >= 11 is 0. The monoisotopic (exact) mass is 294 g/mol. The van der Waals surface area contributed by atoms with Crippen LogP contribution in [0, 0.1) is 0 Å². The van der Waals surface area contributed by atoms with E-state index < -0.39 is 6.10 Å². The van der Waals surface area contributed by atoms with E-state index in [4.69, 9.17) is 9.47 Å². The summed E-state index contributed by atoms with van der Waals surface area (Å²) < 4.78 is 11.6. The summed E-state index contributed by atoms with van der Waals surface area (Å²) in [6.07, 6.45) is 1.80. The Balaban J connectivity index is 2.14. The number of ether oxygens (including phenoxy) is 2. The Labute approximate surface area is 127 Å². The quantitative estimate of drug-likeness (QED) is 0.782. The summed E-state index contributed by atoms with van der Waals surface area (Å²) in [5.41, 5.74) is 0.982. The molecule has 118 valence electrons. The van der Waals surface area contributed by atoms with Crippen molar-refractivity contribution in [3.05, 3.63) is 35.9 Å². The normalized spacial score (nSPS) is 25.9. The van der Waals surface area contributed by atoms with E-state index in [1.165, 1.54) is 0 Å². The molecule has 1 aliphatic rings. The number of quaternary nitrogens is 1. The van der Waals surface area contributed by atoms with Crippen LogP contribution < -0.4 is 0 Å². The van der Waals surface area contributed by atoms with Gasteiger partial charge in [-0.15, -0.1) is 0 Å². The Kier molecular flexibility index (Phi) is 5.76. The van der Waals surface area contributed by atoms with Crippen LogP contribution in [0.1, 0.15) is 24.5 Å². The maximum absolute atomic E-state index is 10.6. The molecule has 3 atom stereocenters. The number of nitrogens with zero attached hydrogens (tertiary/aromatic N) is 1. The molecule has 1 saturated heterocycles. The summed E-state index contributed by atoms with van der Waals surface area (Å²) in [4.78, 5) is 0. The molecular weight excluding hydrogens is 266 g/mol. The van der Waals surface area contributed by atoms with Crippen molar-refractivity contribution in [2.45, 2.75) is 31.0 Å². The first kappa shape index (κ1) is 16.4. The molecule has 1 aromatic rings. The minimum absolute atomic E-state index is 0.425. The molecule has 0 aromatic heterocycles. The first-order valence-electron chi connectivity index (χ1n) is 7.67. The van der Waals surface area contributed by atoms with Crippen molar-refractivity contribution >= 4 is 0 Å². The minimum atomic E-state index is -0.451. The van der Waals surface area contributed by atoms with Crippen molar-refractivity contribution in [1.29, 1.82) is 0 Å². The van der Waals surface area contributed by atoms with Gasteiger partial charge < -0.3 is 19.1 Å². The topological polar surface area (TPSA) is 38.7 Å². The van der Waals surface area contributed by atoms with Gasteiger partial charge in [-0.1, -0.05) is 30.3 Å². The van der Waals surface area contributed by atoms with Crippen LogP contribution in [-0.4, -0.2) is 62.7 Å². The van der Waals surface area contributed by atoms with Crippen LogP contribution in [0.5, 0.6) is 0 Å². The number of likely N-dealkylation sites (tertiary alicyclic amines) is 1. The predicted octanol–water partition coefficient (Wildman–Crippen LogP) is 1.99. The lowest BCUT2D eigenvalue weighted by Gasteiger charge is -2.42. The second-order valence-corrected chi connectivity index (χ2v) is 6.25. The highest BCUT2D eigenvalue weighted by Gasteiger charge is 2.47. The molecule has 0 bridgehead atoms. The summed E-state index contributed by atoms with van der Waals surface area (Å²) in [6, 6.07) is 10.8. The van der Waals surface area contributed by atoms with Crippen LogP contribution in [0.15, 0.2) is 30.3 Å². The summed E-state index contributed by atoms with van der Waals surface area (Å²) in [7, 11) is 5.73. The molecule has 1 heterocycles. The van der Waals surface area contributed by atoms with Crippen LogP contribution in [-0.2, 0) is 9.47 Å². The van der Waals surface area contributed by atoms with E-state index in [9.17, 15) is 5.11 Å². The third-order valence-electron chi connectivity index (χ3n) is 4.97. The maximum atomic E-state index is 10.6. The molecule has 0 saturated carbocycles. The van der Waals surface area contributed by atoms with Gasteiger partial charge in [-0.05, 0) is 5.56 Å². The zero-order chi connectivity index (χ0) is 15.3. The fourth-order valence-electron chi connectivity index (χ4n) is 3.62. The molecule has 0 radical (unpaired) electrons. The van der Waals surface area contributed by atoms with E-state index in [2.05, 4.69) is 7.05 Å². The van der Waals surface area contributed by atoms with E-state index >= 15 is 0 Å². The third kappa shape index (κ3) is 3.64. The Bertz CT molecular complexity index is 409. The maximum Gasteiger partial charge on any atom is 0.128 e. The molecule has 2 rings (SSSR count). The van der Waals surface area contributed by atoms with Gasteiger partial charge in [-0.25, -0.2) is 0 Å². The summed E-state index contributed by atoms with van der Waals surface area (Å²) in [6.45, 7) is 2.17. The lowest BCUT2D eigenvalue weighted by molar-refractivity contribution is -0.947. The molecule has 1 aliphatic heterocycles. The van der Waals surface area contributed by atoms with Crippen molar-refractivity contribution in [1.82, 2.24) is 0 Å². The standard InChI is InChI=1S/C17H28NO3/c1-18(11-17(19)14-7-5-4-6-8-14)15(12-20-2)9-10-16(18)13-21-3/h4-8,15-17,19H,9-13H2,1-3H3/q+1/t15-,16-,17-/m1/s1. The van der Waals surface area contributed by atoms with Crippen molar-refractivity contribution in [2.75, 3.05) is 41.0 Å². The van der Waals surface area contributed by atoms with Gasteiger partial charge in [-0.3, -0.25) is 0 Å². The van der Waals surface area contributed by atoms with E-state index in [0.717, 1.165) is 36.1 Å². The lowest BCUT2D eigenvalue weighted by atomic mass is 10.1. The van der Waals surface area contributed by atoms with E-state index in [0.29, 0.717) is 18.6 Å². The SMILES string of the molecule is COC[C@H]1CC[C@H](COC)[N+]1(C)C[C@@H](O)c1ccccc1. The fraction of sp³-hybridized carbons (Fsp3) is 0.647. The predicted molar refractivity (Wildman–Crippen MR) is 83.0 cm³/mol. The Hall–Kier alpha value is -0.940.